The Balaban J connectivity index is 1.20. The molecule has 13 nitrogen and oxygen atoms in total. The summed E-state index contributed by atoms with van der Waals surface area (Å²) in [5.41, 5.74) is 15.6. The van der Waals surface area contributed by atoms with Crippen LogP contribution in [0.1, 0.15) is 47.3 Å². The molecule has 5 aromatic rings. The van der Waals surface area contributed by atoms with E-state index in [1.165, 1.54) is 22.2 Å². The van der Waals surface area contributed by atoms with Gasteiger partial charge in [-0.25, -0.2) is 9.97 Å². The van der Waals surface area contributed by atoms with E-state index in [0.29, 0.717) is 48.2 Å². The van der Waals surface area contributed by atoms with Crippen molar-refractivity contribution in [3.05, 3.63) is 64.0 Å². The Morgan fingerprint density at radius 2 is 2.00 bits per heavy atom. The lowest BCUT2D eigenvalue weighted by molar-refractivity contribution is 0.1000. The zero-order valence-electron chi connectivity index (χ0n) is 23.4. The molecule has 0 radical (unpaired) electrons. The molecule has 1 aliphatic carbocycles. The number of ether oxygens (including phenoxy) is 1. The van der Waals surface area contributed by atoms with Crippen LogP contribution >= 0.6 is 11.3 Å². The van der Waals surface area contributed by atoms with Gasteiger partial charge in [0.2, 0.25) is 11.4 Å². The second kappa shape index (κ2) is 11.4. The molecule has 6 heterocycles. The molecule has 2 aliphatic rings. The van der Waals surface area contributed by atoms with E-state index < -0.39 is 5.91 Å². The Bertz CT molecular complexity index is 1860. The number of aromatic nitrogens is 5. The molecule has 222 valence electrons. The minimum Gasteiger partial charge on any atom is -0.459 e. The van der Waals surface area contributed by atoms with Gasteiger partial charge in [-0.2, -0.15) is 9.61 Å². The number of amides is 1. The number of furan rings is 1. The van der Waals surface area contributed by atoms with Crippen molar-refractivity contribution in [2.45, 2.75) is 44.2 Å². The summed E-state index contributed by atoms with van der Waals surface area (Å²) in [5.74, 6) is -0.169. The molecule has 5 aromatic heterocycles. The highest BCUT2D eigenvalue weighted by Crippen LogP contribution is 2.35. The Morgan fingerprint density at radius 1 is 1.16 bits per heavy atom. The molecular formula is C29H31N9O4S. The predicted octanol–water partition coefficient (Wildman–Crippen LogP) is 2.56. The van der Waals surface area contributed by atoms with E-state index in [1.807, 2.05) is 12.1 Å². The number of primary amides is 1. The van der Waals surface area contributed by atoms with Gasteiger partial charge in [-0.3, -0.25) is 14.6 Å². The predicted molar refractivity (Wildman–Crippen MR) is 163 cm³/mol. The van der Waals surface area contributed by atoms with Crippen molar-refractivity contribution in [2.24, 2.45) is 11.5 Å². The van der Waals surface area contributed by atoms with Crippen molar-refractivity contribution < 1.29 is 13.9 Å². The van der Waals surface area contributed by atoms with Crippen LogP contribution in [0.4, 0.5) is 10.9 Å². The molecule has 1 aliphatic heterocycles. The van der Waals surface area contributed by atoms with Gasteiger partial charge >= 0.3 is 0 Å². The number of pyridine rings is 1. The second-order valence-electron chi connectivity index (χ2n) is 10.9. The Labute approximate surface area is 249 Å². The highest BCUT2D eigenvalue weighted by molar-refractivity contribution is 7.22. The van der Waals surface area contributed by atoms with Gasteiger partial charge in [-0.15, -0.1) is 11.3 Å². The lowest BCUT2D eigenvalue weighted by atomic mass is 9.91. The number of nitrogens with two attached hydrogens (primary N) is 2. The molecule has 14 heteroatoms. The Morgan fingerprint density at radius 3 is 2.77 bits per heavy atom. The molecule has 0 aromatic carbocycles. The molecule has 1 amide bonds. The van der Waals surface area contributed by atoms with E-state index in [9.17, 15) is 9.59 Å². The largest absolute Gasteiger partial charge is 0.459 e. The third-order valence-electron chi connectivity index (χ3n) is 8.11. The molecule has 5 N–H and O–H groups in total. The van der Waals surface area contributed by atoms with Gasteiger partial charge < -0.3 is 30.8 Å². The van der Waals surface area contributed by atoms with Gasteiger partial charge in [0.05, 0.1) is 39.9 Å². The van der Waals surface area contributed by atoms with Gasteiger partial charge in [0.25, 0.3) is 5.91 Å². The fourth-order valence-corrected chi connectivity index (χ4v) is 7.02. The smallest absolute Gasteiger partial charge is 0.254 e. The van der Waals surface area contributed by atoms with E-state index >= 15 is 0 Å². The number of morpholine rings is 1. The van der Waals surface area contributed by atoms with E-state index in [4.69, 9.17) is 30.6 Å². The molecule has 0 spiro atoms. The van der Waals surface area contributed by atoms with Crippen LogP contribution in [0.2, 0.25) is 0 Å². The van der Waals surface area contributed by atoms with Gasteiger partial charge in [-0.05, 0) is 24.5 Å². The van der Waals surface area contributed by atoms with Crippen LogP contribution < -0.4 is 27.1 Å². The molecular weight excluding hydrogens is 570 g/mol. The second-order valence-corrected chi connectivity index (χ2v) is 11.9. The summed E-state index contributed by atoms with van der Waals surface area (Å²) in [5, 5.41) is 8.61. The monoisotopic (exact) mass is 601 g/mol. The summed E-state index contributed by atoms with van der Waals surface area (Å²) in [4.78, 5) is 41.4. The third kappa shape index (κ3) is 5.21. The molecule has 0 bridgehead atoms. The number of nitrogens with zero attached hydrogens (tertiary/aromatic N) is 6. The summed E-state index contributed by atoms with van der Waals surface area (Å²) in [7, 11) is 0. The topological polar surface area (TPSA) is 180 Å². The number of anilines is 2. The van der Waals surface area contributed by atoms with Gasteiger partial charge in [-0.1, -0.05) is 18.9 Å². The first kappa shape index (κ1) is 27.4. The Kier molecular flexibility index (Phi) is 7.24. The standard InChI is InChI=1S/C29H31N9O4S/c30-18-3-1-2-4-20(18)35-29-36-21(24(27(31)40)28-33-15-34-38(28)29)11-16-5-6-19(32-13-16)17-14-42-25-22(39)12-23(43-26(17)25)37-7-9-41-10-8-37/h5-6,12-15,18,20H,1-4,7-11,30H2,(H2,31,40)(H,35,36)/t18-,20+/m1/s1. The quantitative estimate of drug-likeness (QED) is 0.249. The molecule has 7 rings (SSSR count). The van der Waals surface area contributed by atoms with Crippen LogP contribution in [0.3, 0.4) is 0 Å². The fraction of sp³-hybridized carbons (Fsp3) is 0.379. The van der Waals surface area contributed by atoms with E-state index in [2.05, 4.69) is 20.3 Å². The molecule has 0 unspecified atom stereocenters. The maximum Gasteiger partial charge on any atom is 0.254 e. The number of fused-ring (bicyclic) bond motifs is 2. The van der Waals surface area contributed by atoms with Gasteiger partial charge in [0.15, 0.2) is 11.2 Å². The van der Waals surface area contributed by atoms with Crippen LogP contribution in [-0.4, -0.2) is 68.9 Å². The summed E-state index contributed by atoms with van der Waals surface area (Å²) in [6.45, 7) is 2.72. The number of carbonyl (C=O) groups is 1. The van der Waals surface area contributed by atoms with Crippen molar-refractivity contribution >= 4 is 44.1 Å². The third-order valence-corrected chi connectivity index (χ3v) is 9.30. The van der Waals surface area contributed by atoms with Crippen LogP contribution in [0.25, 0.3) is 27.2 Å². The molecule has 43 heavy (non-hydrogen) atoms. The van der Waals surface area contributed by atoms with Crippen LogP contribution in [-0.2, 0) is 11.2 Å². The van der Waals surface area contributed by atoms with Gasteiger partial charge in [0.1, 0.15) is 18.2 Å². The molecule has 2 atom stereocenters. The number of hydrogen-bond donors (Lipinski definition) is 3. The Hall–Kier alpha value is -4.40. The van der Waals surface area contributed by atoms with Crippen molar-refractivity contribution in [3.63, 3.8) is 0 Å². The van der Waals surface area contributed by atoms with Crippen LogP contribution in [0.5, 0.6) is 0 Å². The number of carbonyl (C=O) groups excluding carboxylic acids is 1. The summed E-state index contributed by atoms with van der Waals surface area (Å²) >= 11 is 1.51. The van der Waals surface area contributed by atoms with E-state index in [1.54, 1.807) is 18.5 Å². The highest BCUT2D eigenvalue weighted by Gasteiger charge is 2.26. The van der Waals surface area contributed by atoms with Crippen molar-refractivity contribution in [3.8, 4) is 11.3 Å². The molecule has 1 saturated heterocycles. The first-order valence-corrected chi connectivity index (χ1v) is 15.2. The lowest BCUT2D eigenvalue weighted by Gasteiger charge is -2.29. The maximum atomic E-state index is 12.8. The summed E-state index contributed by atoms with van der Waals surface area (Å²) < 4.78 is 13.4. The summed E-state index contributed by atoms with van der Waals surface area (Å²) in [6, 6.07) is 5.44. The van der Waals surface area contributed by atoms with Crippen molar-refractivity contribution in [1.29, 1.82) is 0 Å². The first-order chi connectivity index (χ1) is 21.0. The highest BCUT2D eigenvalue weighted by atomic mass is 32.1. The number of nitrogens with one attached hydrogen (secondary N) is 1. The maximum absolute atomic E-state index is 12.8. The average molecular weight is 602 g/mol. The van der Waals surface area contributed by atoms with Gasteiger partial charge in [0, 0.05) is 43.9 Å². The zero-order chi connectivity index (χ0) is 29.5. The normalized spacial score (nSPS) is 19.2. The van der Waals surface area contributed by atoms with Crippen LogP contribution in [0, 0.1) is 0 Å². The SMILES string of the molecule is NC(=O)c1c(Cc2ccc(-c3coc4c(=O)cc(N5CCOCC5)sc34)nc2)nc(N[C@H]2CCCC[C@H]2N)n2ncnc12. The number of hydrogen-bond acceptors (Lipinski definition) is 12. The van der Waals surface area contributed by atoms with E-state index in [0.717, 1.165) is 59.6 Å². The minimum absolute atomic E-state index is 0.00676. The molecule has 1 saturated carbocycles. The van der Waals surface area contributed by atoms with Crippen molar-refractivity contribution in [2.75, 3.05) is 36.5 Å². The average Bonchev–Trinajstić information content (AvgIpc) is 3.67. The first-order valence-electron chi connectivity index (χ1n) is 14.3. The fourth-order valence-electron chi connectivity index (χ4n) is 5.83. The van der Waals surface area contributed by atoms with Crippen molar-refractivity contribution in [1.82, 2.24) is 24.6 Å². The van der Waals surface area contributed by atoms with E-state index in [-0.39, 0.29) is 23.1 Å². The molecule has 2 fully saturated rings. The summed E-state index contributed by atoms with van der Waals surface area (Å²) in [6.07, 6.45) is 9.00. The van der Waals surface area contributed by atoms with Crippen LogP contribution in [0.15, 0.2) is 46.2 Å². The zero-order valence-corrected chi connectivity index (χ0v) is 24.2. The lowest BCUT2D eigenvalue weighted by Crippen LogP contribution is -2.43. The minimum atomic E-state index is -0.637. The number of rotatable bonds is 7.